The lowest BCUT2D eigenvalue weighted by atomic mass is 10.2. The van der Waals surface area contributed by atoms with Gasteiger partial charge in [0.1, 0.15) is 0 Å². The molecule has 128 valence electrons. The second kappa shape index (κ2) is 8.06. The number of anilines is 1. The number of rotatable bonds is 7. The first-order chi connectivity index (χ1) is 11.4. The fourth-order valence-electron chi connectivity index (χ4n) is 1.80. The molecular formula is C13H15ClN6O3S. The molecule has 1 heterocycles. The molecule has 0 saturated heterocycles. The molecule has 0 bridgehead atoms. The topological polar surface area (TPSA) is 116 Å². The average Bonchev–Trinajstić information content (AvgIpc) is 2.93. The predicted octanol–water partition coefficient (Wildman–Crippen LogP) is 2.62. The van der Waals surface area contributed by atoms with Crippen LogP contribution in [0.15, 0.2) is 23.4 Å². The summed E-state index contributed by atoms with van der Waals surface area (Å²) in [5.74, 6) is 0.154. The van der Waals surface area contributed by atoms with Gasteiger partial charge in [0.25, 0.3) is 5.69 Å². The van der Waals surface area contributed by atoms with Crippen LogP contribution in [0.4, 0.5) is 11.4 Å². The minimum atomic E-state index is -0.554. The number of hydrogen-bond donors (Lipinski definition) is 1. The molecule has 0 spiro atoms. The lowest BCUT2D eigenvalue weighted by molar-refractivity contribution is -0.384. The lowest BCUT2D eigenvalue weighted by Crippen LogP contribution is -2.15. The highest BCUT2D eigenvalue weighted by Gasteiger charge is 2.14. The van der Waals surface area contributed by atoms with Crippen LogP contribution in [0.1, 0.15) is 13.8 Å². The van der Waals surface area contributed by atoms with E-state index in [0.29, 0.717) is 23.3 Å². The Hall–Kier alpha value is -2.20. The van der Waals surface area contributed by atoms with Crippen molar-refractivity contribution >= 4 is 40.6 Å². The Morgan fingerprint density at radius 3 is 2.88 bits per heavy atom. The molecule has 0 aliphatic rings. The van der Waals surface area contributed by atoms with Crippen molar-refractivity contribution in [3.8, 4) is 0 Å². The highest BCUT2D eigenvalue weighted by molar-refractivity contribution is 7.99. The molecule has 0 saturated carbocycles. The minimum absolute atomic E-state index is 0.0891. The first-order valence-electron chi connectivity index (χ1n) is 6.99. The quantitative estimate of drug-likeness (QED) is 0.452. The number of nitrogens with zero attached hydrogens (tertiary/aromatic N) is 5. The highest BCUT2D eigenvalue weighted by Crippen LogP contribution is 2.27. The van der Waals surface area contributed by atoms with E-state index in [1.165, 1.54) is 30.0 Å². The van der Waals surface area contributed by atoms with Crippen LogP contribution in [-0.2, 0) is 11.3 Å². The van der Waals surface area contributed by atoms with Crippen molar-refractivity contribution in [3.05, 3.63) is 33.3 Å². The third kappa shape index (κ3) is 4.90. The second-order valence-electron chi connectivity index (χ2n) is 5.30. The van der Waals surface area contributed by atoms with E-state index >= 15 is 0 Å². The third-order valence-corrected chi connectivity index (χ3v) is 4.08. The van der Waals surface area contributed by atoms with Crippen LogP contribution in [-0.4, -0.2) is 36.8 Å². The van der Waals surface area contributed by atoms with E-state index in [4.69, 9.17) is 11.6 Å². The van der Waals surface area contributed by atoms with E-state index in [1.54, 1.807) is 4.68 Å². The first-order valence-corrected chi connectivity index (χ1v) is 8.36. The van der Waals surface area contributed by atoms with Crippen LogP contribution in [0.5, 0.6) is 0 Å². The average molecular weight is 371 g/mol. The summed E-state index contributed by atoms with van der Waals surface area (Å²) in [6.07, 6.45) is 0. The van der Waals surface area contributed by atoms with Crippen molar-refractivity contribution in [1.82, 2.24) is 20.2 Å². The Morgan fingerprint density at radius 2 is 2.25 bits per heavy atom. The van der Waals surface area contributed by atoms with Crippen LogP contribution in [0, 0.1) is 16.0 Å². The Labute approximate surface area is 146 Å². The van der Waals surface area contributed by atoms with E-state index in [-0.39, 0.29) is 22.4 Å². The predicted molar refractivity (Wildman–Crippen MR) is 90.1 cm³/mol. The number of non-ortho nitro benzene ring substituents is 1. The van der Waals surface area contributed by atoms with E-state index in [1.807, 2.05) is 13.8 Å². The third-order valence-electron chi connectivity index (χ3n) is 2.81. The number of carbonyl (C=O) groups is 1. The maximum atomic E-state index is 12.0. The zero-order chi connectivity index (χ0) is 17.7. The maximum absolute atomic E-state index is 12.0. The molecule has 0 aliphatic carbocycles. The van der Waals surface area contributed by atoms with Gasteiger partial charge in [-0.2, -0.15) is 0 Å². The van der Waals surface area contributed by atoms with Crippen LogP contribution < -0.4 is 5.32 Å². The normalized spacial score (nSPS) is 10.8. The van der Waals surface area contributed by atoms with Crippen molar-refractivity contribution in [2.75, 3.05) is 11.1 Å². The van der Waals surface area contributed by atoms with Gasteiger partial charge in [0.15, 0.2) is 0 Å². The number of aromatic nitrogens is 4. The number of hydrogen-bond acceptors (Lipinski definition) is 7. The number of tetrazole rings is 1. The number of thioether (sulfide) groups is 1. The van der Waals surface area contributed by atoms with Gasteiger partial charge in [-0.25, -0.2) is 4.68 Å². The fourth-order valence-corrected chi connectivity index (χ4v) is 2.70. The van der Waals surface area contributed by atoms with Crippen molar-refractivity contribution < 1.29 is 9.72 Å². The summed E-state index contributed by atoms with van der Waals surface area (Å²) in [6, 6.07) is 3.86. The number of nitro groups is 1. The van der Waals surface area contributed by atoms with Gasteiger partial charge >= 0.3 is 0 Å². The van der Waals surface area contributed by atoms with Crippen molar-refractivity contribution in [2.24, 2.45) is 5.92 Å². The van der Waals surface area contributed by atoms with E-state index in [9.17, 15) is 14.9 Å². The molecule has 1 N–H and O–H groups in total. The van der Waals surface area contributed by atoms with Gasteiger partial charge in [0, 0.05) is 18.7 Å². The molecular weight excluding hydrogens is 356 g/mol. The summed E-state index contributed by atoms with van der Waals surface area (Å²) in [7, 11) is 0. The summed E-state index contributed by atoms with van der Waals surface area (Å²) in [4.78, 5) is 22.1. The van der Waals surface area contributed by atoms with Gasteiger partial charge < -0.3 is 5.32 Å². The smallest absolute Gasteiger partial charge is 0.271 e. The monoisotopic (exact) mass is 370 g/mol. The van der Waals surface area contributed by atoms with Crippen LogP contribution in [0.2, 0.25) is 5.02 Å². The molecule has 0 fully saturated rings. The summed E-state index contributed by atoms with van der Waals surface area (Å²) in [6.45, 7) is 4.74. The summed E-state index contributed by atoms with van der Waals surface area (Å²) >= 11 is 7.14. The van der Waals surface area contributed by atoms with E-state index in [2.05, 4.69) is 20.8 Å². The van der Waals surface area contributed by atoms with Gasteiger partial charge in [0.2, 0.25) is 11.1 Å². The van der Waals surface area contributed by atoms with Crippen LogP contribution in [0.3, 0.4) is 0 Å². The van der Waals surface area contributed by atoms with Gasteiger partial charge in [-0.3, -0.25) is 14.9 Å². The van der Waals surface area contributed by atoms with Gasteiger partial charge in [-0.15, -0.1) is 5.10 Å². The SMILES string of the molecule is CC(C)Cn1nnnc1SCC(=O)Nc1ccc([N+](=O)[O-])cc1Cl. The molecule has 0 aliphatic heterocycles. The van der Waals surface area contributed by atoms with Gasteiger partial charge in [-0.1, -0.05) is 37.2 Å². The Balaban J connectivity index is 1.94. The molecule has 1 aromatic heterocycles. The van der Waals surface area contributed by atoms with E-state index < -0.39 is 4.92 Å². The molecule has 1 aromatic carbocycles. The number of halogens is 1. The van der Waals surface area contributed by atoms with Crippen molar-refractivity contribution in [1.29, 1.82) is 0 Å². The number of benzene rings is 1. The Kier molecular flexibility index (Phi) is 6.10. The van der Waals surface area contributed by atoms with Crippen molar-refractivity contribution in [2.45, 2.75) is 25.5 Å². The summed E-state index contributed by atoms with van der Waals surface area (Å²) in [5, 5.41) is 25.3. The number of nitro benzene ring substituents is 1. The zero-order valence-electron chi connectivity index (χ0n) is 13.0. The number of nitrogens with one attached hydrogen (secondary N) is 1. The molecule has 9 nitrogen and oxygen atoms in total. The summed E-state index contributed by atoms with van der Waals surface area (Å²) < 4.78 is 1.64. The molecule has 24 heavy (non-hydrogen) atoms. The van der Waals surface area contributed by atoms with Gasteiger partial charge in [-0.05, 0) is 22.4 Å². The van der Waals surface area contributed by atoms with Crippen LogP contribution in [0.25, 0.3) is 0 Å². The standard InChI is InChI=1S/C13H15ClN6O3S/c1-8(2)6-19-13(16-17-18-19)24-7-12(21)15-11-4-3-9(20(22)23)5-10(11)14/h3-5,8H,6-7H2,1-2H3,(H,15,21). The Morgan fingerprint density at radius 1 is 1.50 bits per heavy atom. The first kappa shape index (κ1) is 18.1. The molecule has 0 unspecified atom stereocenters. The fraction of sp³-hybridized carbons (Fsp3) is 0.385. The molecule has 2 aromatic rings. The molecule has 1 amide bonds. The van der Waals surface area contributed by atoms with Crippen molar-refractivity contribution in [3.63, 3.8) is 0 Å². The number of carbonyl (C=O) groups excluding carboxylic acids is 1. The molecule has 11 heteroatoms. The highest BCUT2D eigenvalue weighted by atomic mass is 35.5. The van der Waals surface area contributed by atoms with Crippen LogP contribution >= 0.6 is 23.4 Å². The Bertz CT molecular complexity index is 751. The lowest BCUT2D eigenvalue weighted by Gasteiger charge is -2.08. The van der Waals surface area contributed by atoms with E-state index in [0.717, 1.165) is 0 Å². The second-order valence-corrected chi connectivity index (χ2v) is 6.65. The molecule has 0 atom stereocenters. The number of amides is 1. The minimum Gasteiger partial charge on any atom is -0.324 e. The maximum Gasteiger partial charge on any atom is 0.271 e. The largest absolute Gasteiger partial charge is 0.324 e. The molecule has 2 rings (SSSR count). The molecule has 0 radical (unpaired) electrons. The van der Waals surface area contributed by atoms with Gasteiger partial charge in [0.05, 0.1) is 21.4 Å². The summed E-state index contributed by atoms with van der Waals surface area (Å²) in [5.41, 5.74) is 0.176. The zero-order valence-corrected chi connectivity index (χ0v) is 14.5.